The minimum absolute atomic E-state index is 0.00941. The number of hydrogen-bond acceptors (Lipinski definition) is 4. The average Bonchev–Trinajstić information content (AvgIpc) is 2.93. The Morgan fingerprint density at radius 3 is 2.52 bits per heavy atom. The molecular weight excluding hydrogens is 322 g/mol. The van der Waals surface area contributed by atoms with Gasteiger partial charge in [-0.3, -0.25) is 14.4 Å². The van der Waals surface area contributed by atoms with Crippen LogP contribution in [-0.2, 0) is 9.59 Å². The normalized spacial score (nSPS) is 17.5. The number of benzene rings is 1. The van der Waals surface area contributed by atoms with Crippen LogP contribution in [0.2, 0.25) is 0 Å². The summed E-state index contributed by atoms with van der Waals surface area (Å²) in [4.78, 5) is 37.8. The molecule has 1 atom stereocenters. The number of nitrogens with one attached hydrogen (secondary N) is 2. The maximum absolute atomic E-state index is 12.2. The first-order chi connectivity index (χ1) is 11.7. The van der Waals surface area contributed by atoms with Crippen LogP contribution in [0.15, 0.2) is 24.3 Å². The largest absolute Gasteiger partial charge is 0.508 e. The highest BCUT2D eigenvalue weighted by atomic mass is 16.3. The first kappa shape index (κ1) is 18.8. The fraction of sp³-hybridized carbons (Fsp3) is 0.500. The fourth-order valence-corrected chi connectivity index (χ4v) is 2.79. The quantitative estimate of drug-likeness (QED) is 0.689. The van der Waals surface area contributed by atoms with E-state index in [9.17, 15) is 19.5 Å². The molecule has 3 N–H and O–H groups in total. The molecule has 1 aliphatic heterocycles. The number of carbonyl (C=O) groups excluding carboxylic acids is 3. The molecule has 7 nitrogen and oxygen atoms in total. The fourth-order valence-electron chi connectivity index (χ4n) is 2.79. The number of phenols is 1. The second-order valence-electron chi connectivity index (χ2n) is 7.17. The SMILES string of the molecule is CC(C)(C)N1CC(C(=O)NCCNC(=O)c2cccc(O)c2)CC1=O. The molecule has 0 aliphatic carbocycles. The maximum Gasteiger partial charge on any atom is 0.251 e. The molecule has 1 heterocycles. The van der Waals surface area contributed by atoms with E-state index in [0.29, 0.717) is 12.1 Å². The van der Waals surface area contributed by atoms with Crippen molar-refractivity contribution in [2.45, 2.75) is 32.7 Å². The van der Waals surface area contributed by atoms with Crippen molar-refractivity contribution in [3.05, 3.63) is 29.8 Å². The summed E-state index contributed by atoms with van der Waals surface area (Å²) in [6.45, 7) is 6.81. The predicted octanol–water partition coefficient (Wildman–Crippen LogP) is 0.885. The molecule has 7 heteroatoms. The van der Waals surface area contributed by atoms with Crippen molar-refractivity contribution in [1.82, 2.24) is 15.5 Å². The summed E-state index contributed by atoms with van der Waals surface area (Å²) in [7, 11) is 0. The van der Waals surface area contributed by atoms with Gasteiger partial charge in [0.1, 0.15) is 5.75 Å². The van der Waals surface area contributed by atoms with Gasteiger partial charge in [0.15, 0.2) is 0 Å². The Morgan fingerprint density at radius 2 is 1.92 bits per heavy atom. The number of rotatable bonds is 5. The van der Waals surface area contributed by atoms with Gasteiger partial charge in [-0.15, -0.1) is 0 Å². The standard InChI is InChI=1S/C18H25N3O4/c1-18(2,3)21-11-13(10-15(21)23)17(25)20-8-7-19-16(24)12-5-4-6-14(22)9-12/h4-6,9,13,22H,7-8,10-11H2,1-3H3,(H,19,24)(H,20,25). The first-order valence-corrected chi connectivity index (χ1v) is 8.34. The molecule has 25 heavy (non-hydrogen) atoms. The van der Waals surface area contributed by atoms with Gasteiger partial charge in [-0.1, -0.05) is 6.07 Å². The van der Waals surface area contributed by atoms with Crippen molar-refractivity contribution in [2.24, 2.45) is 5.92 Å². The van der Waals surface area contributed by atoms with Crippen molar-refractivity contribution in [2.75, 3.05) is 19.6 Å². The number of carbonyl (C=O) groups is 3. The van der Waals surface area contributed by atoms with Crippen LogP contribution < -0.4 is 10.6 Å². The molecule has 1 fully saturated rings. The number of aromatic hydroxyl groups is 1. The molecule has 1 aliphatic rings. The van der Waals surface area contributed by atoms with Gasteiger partial charge in [-0.25, -0.2) is 0 Å². The molecule has 1 aromatic carbocycles. The molecule has 1 unspecified atom stereocenters. The zero-order valence-corrected chi connectivity index (χ0v) is 14.8. The summed E-state index contributed by atoms with van der Waals surface area (Å²) in [6.07, 6.45) is 0.221. The molecule has 1 aromatic rings. The molecule has 0 bridgehead atoms. The zero-order valence-electron chi connectivity index (χ0n) is 14.8. The van der Waals surface area contributed by atoms with E-state index in [4.69, 9.17) is 0 Å². The van der Waals surface area contributed by atoms with E-state index in [0.717, 1.165) is 0 Å². The third kappa shape index (κ3) is 4.95. The Balaban J connectivity index is 1.74. The van der Waals surface area contributed by atoms with Gasteiger partial charge in [0.05, 0.1) is 5.92 Å². The van der Waals surface area contributed by atoms with Crippen LogP contribution >= 0.6 is 0 Å². The van der Waals surface area contributed by atoms with Crippen LogP contribution in [0.25, 0.3) is 0 Å². The minimum atomic E-state index is -0.353. The lowest BCUT2D eigenvalue weighted by Gasteiger charge is -2.31. The van der Waals surface area contributed by atoms with Crippen molar-refractivity contribution >= 4 is 17.7 Å². The number of amides is 3. The van der Waals surface area contributed by atoms with E-state index in [1.807, 2.05) is 20.8 Å². The van der Waals surface area contributed by atoms with Gasteiger partial charge in [0, 0.05) is 37.2 Å². The Bertz CT molecular complexity index is 667. The topological polar surface area (TPSA) is 98.7 Å². The van der Waals surface area contributed by atoms with Crippen LogP contribution in [-0.4, -0.2) is 52.9 Å². The molecule has 0 saturated carbocycles. The van der Waals surface area contributed by atoms with Crippen LogP contribution in [0.5, 0.6) is 5.75 Å². The lowest BCUT2D eigenvalue weighted by Crippen LogP contribution is -2.43. The van der Waals surface area contributed by atoms with E-state index in [2.05, 4.69) is 10.6 Å². The second kappa shape index (κ2) is 7.55. The van der Waals surface area contributed by atoms with Gasteiger partial charge in [-0.2, -0.15) is 0 Å². The average molecular weight is 347 g/mol. The smallest absolute Gasteiger partial charge is 0.251 e. The summed E-state index contributed by atoms with van der Waals surface area (Å²) in [5, 5.41) is 14.8. The van der Waals surface area contributed by atoms with E-state index in [1.165, 1.54) is 12.1 Å². The number of phenolic OH excluding ortho intramolecular Hbond substituents is 1. The molecular formula is C18H25N3O4. The van der Waals surface area contributed by atoms with Gasteiger partial charge < -0.3 is 20.6 Å². The first-order valence-electron chi connectivity index (χ1n) is 8.34. The number of likely N-dealkylation sites (tertiary alicyclic amines) is 1. The Labute approximate surface area is 147 Å². The minimum Gasteiger partial charge on any atom is -0.508 e. The molecule has 0 radical (unpaired) electrons. The highest BCUT2D eigenvalue weighted by molar-refractivity contribution is 5.94. The highest BCUT2D eigenvalue weighted by Gasteiger charge is 2.39. The zero-order chi connectivity index (χ0) is 18.6. The lowest BCUT2D eigenvalue weighted by molar-refractivity contribution is -0.132. The van der Waals surface area contributed by atoms with Crippen molar-refractivity contribution in [3.8, 4) is 5.75 Å². The van der Waals surface area contributed by atoms with Crippen molar-refractivity contribution in [3.63, 3.8) is 0 Å². The van der Waals surface area contributed by atoms with Crippen LogP contribution in [0.3, 0.4) is 0 Å². The summed E-state index contributed by atoms with van der Waals surface area (Å²) in [5.41, 5.74) is 0.0648. The number of hydrogen-bond donors (Lipinski definition) is 3. The molecule has 136 valence electrons. The van der Waals surface area contributed by atoms with E-state index in [-0.39, 0.29) is 54.4 Å². The summed E-state index contributed by atoms with van der Waals surface area (Å²) < 4.78 is 0. The van der Waals surface area contributed by atoms with E-state index < -0.39 is 0 Å². The van der Waals surface area contributed by atoms with E-state index in [1.54, 1.807) is 17.0 Å². The number of nitrogens with zero attached hydrogens (tertiary/aromatic N) is 1. The Morgan fingerprint density at radius 1 is 1.24 bits per heavy atom. The summed E-state index contributed by atoms with van der Waals surface area (Å²) in [5.74, 6) is -0.833. The van der Waals surface area contributed by atoms with Crippen LogP contribution in [0.1, 0.15) is 37.6 Å². The van der Waals surface area contributed by atoms with Crippen molar-refractivity contribution in [1.29, 1.82) is 0 Å². The van der Waals surface area contributed by atoms with Crippen LogP contribution in [0.4, 0.5) is 0 Å². The molecule has 0 aromatic heterocycles. The van der Waals surface area contributed by atoms with E-state index >= 15 is 0 Å². The summed E-state index contributed by atoms with van der Waals surface area (Å²) >= 11 is 0. The second-order valence-corrected chi connectivity index (χ2v) is 7.17. The van der Waals surface area contributed by atoms with Gasteiger partial charge in [0.25, 0.3) is 5.91 Å². The maximum atomic E-state index is 12.2. The highest BCUT2D eigenvalue weighted by Crippen LogP contribution is 2.25. The predicted molar refractivity (Wildman–Crippen MR) is 93.0 cm³/mol. The third-order valence-corrected chi connectivity index (χ3v) is 4.12. The molecule has 2 rings (SSSR count). The van der Waals surface area contributed by atoms with Crippen LogP contribution in [0, 0.1) is 5.92 Å². The van der Waals surface area contributed by atoms with Gasteiger partial charge in [0.2, 0.25) is 11.8 Å². The monoisotopic (exact) mass is 347 g/mol. The van der Waals surface area contributed by atoms with Gasteiger partial charge >= 0.3 is 0 Å². The third-order valence-electron chi connectivity index (χ3n) is 4.12. The molecule has 3 amide bonds. The van der Waals surface area contributed by atoms with Crippen molar-refractivity contribution < 1.29 is 19.5 Å². The molecule has 0 spiro atoms. The van der Waals surface area contributed by atoms with Gasteiger partial charge in [-0.05, 0) is 39.0 Å². The molecule has 1 saturated heterocycles. The lowest BCUT2D eigenvalue weighted by atomic mass is 10.1. The Kier molecular flexibility index (Phi) is 5.66. The Hall–Kier alpha value is -2.57. The summed E-state index contributed by atoms with van der Waals surface area (Å²) in [6, 6.07) is 6.04.